The lowest BCUT2D eigenvalue weighted by Gasteiger charge is -2.22. The molecule has 0 spiro atoms. The molecule has 2 heterocycles. The summed E-state index contributed by atoms with van der Waals surface area (Å²) in [6.07, 6.45) is 0.589. The van der Waals surface area contributed by atoms with E-state index in [1.165, 1.54) is 0 Å². The minimum absolute atomic E-state index is 0.197. The lowest BCUT2D eigenvalue weighted by molar-refractivity contribution is -0.135. The lowest BCUT2D eigenvalue weighted by atomic mass is 10.1. The molecule has 152 valence electrons. The van der Waals surface area contributed by atoms with Gasteiger partial charge in [0.25, 0.3) is 5.89 Å². The van der Waals surface area contributed by atoms with Gasteiger partial charge in [0.05, 0.1) is 0 Å². The van der Waals surface area contributed by atoms with E-state index in [1.807, 2.05) is 49.4 Å². The standard InChI is InChI=1S/C21H18BrN5O3/c1-13-11-15(22)7-8-16(13)23-18(28)12-27-19(29)10-9-17(25-27)21-24-20(26-30-21)14-5-3-2-4-6-14/h2-8,11H,9-10,12H2,1H3,(H,23,28). The van der Waals surface area contributed by atoms with Gasteiger partial charge in [-0.3, -0.25) is 9.59 Å². The highest BCUT2D eigenvalue weighted by Gasteiger charge is 2.26. The number of carbonyl (C=O) groups excluding carboxylic acids is 2. The fourth-order valence-electron chi connectivity index (χ4n) is 3.02. The molecule has 1 N–H and O–H groups in total. The zero-order valence-corrected chi connectivity index (χ0v) is 17.7. The van der Waals surface area contributed by atoms with Crippen LogP contribution < -0.4 is 5.32 Å². The van der Waals surface area contributed by atoms with Gasteiger partial charge < -0.3 is 9.84 Å². The van der Waals surface area contributed by atoms with Crippen LogP contribution in [0.2, 0.25) is 0 Å². The van der Waals surface area contributed by atoms with Gasteiger partial charge in [-0.15, -0.1) is 0 Å². The molecule has 4 rings (SSSR count). The van der Waals surface area contributed by atoms with Crippen molar-refractivity contribution in [2.75, 3.05) is 11.9 Å². The number of carbonyl (C=O) groups is 2. The number of benzene rings is 2. The van der Waals surface area contributed by atoms with E-state index in [0.29, 0.717) is 23.6 Å². The minimum Gasteiger partial charge on any atom is -0.332 e. The Kier molecular flexibility index (Phi) is 5.71. The molecule has 1 aliphatic heterocycles. The molecule has 30 heavy (non-hydrogen) atoms. The summed E-state index contributed by atoms with van der Waals surface area (Å²) in [5, 5.41) is 12.2. The maximum atomic E-state index is 12.5. The molecule has 0 fully saturated rings. The number of hydrogen-bond acceptors (Lipinski definition) is 6. The van der Waals surface area contributed by atoms with Crippen molar-refractivity contribution in [3.05, 3.63) is 64.5 Å². The first-order valence-corrected chi connectivity index (χ1v) is 10.1. The normalized spacial score (nSPS) is 13.9. The molecule has 1 aliphatic rings. The summed E-state index contributed by atoms with van der Waals surface area (Å²) < 4.78 is 6.26. The third-order valence-corrected chi connectivity index (χ3v) is 5.06. The third-order valence-electron chi connectivity index (χ3n) is 4.57. The summed E-state index contributed by atoms with van der Waals surface area (Å²) in [7, 11) is 0. The Balaban J connectivity index is 1.48. The predicted molar refractivity (Wildman–Crippen MR) is 115 cm³/mol. The Morgan fingerprint density at radius 3 is 2.77 bits per heavy atom. The highest BCUT2D eigenvalue weighted by Crippen LogP contribution is 2.21. The molecule has 1 aromatic heterocycles. The van der Waals surface area contributed by atoms with Gasteiger partial charge in [-0.2, -0.15) is 10.1 Å². The number of halogens is 1. The van der Waals surface area contributed by atoms with Gasteiger partial charge in [-0.1, -0.05) is 51.4 Å². The smallest absolute Gasteiger partial charge is 0.274 e. The molecule has 0 saturated carbocycles. The lowest BCUT2D eigenvalue weighted by Crippen LogP contribution is -2.38. The number of hydrogen-bond donors (Lipinski definition) is 1. The van der Waals surface area contributed by atoms with Crippen LogP contribution in [0.25, 0.3) is 11.4 Å². The van der Waals surface area contributed by atoms with Crippen LogP contribution in [0.5, 0.6) is 0 Å². The van der Waals surface area contributed by atoms with Gasteiger partial charge in [0.1, 0.15) is 12.3 Å². The van der Waals surface area contributed by atoms with Crippen LogP contribution in [0, 0.1) is 6.92 Å². The maximum absolute atomic E-state index is 12.5. The van der Waals surface area contributed by atoms with E-state index in [1.54, 1.807) is 6.07 Å². The van der Waals surface area contributed by atoms with Gasteiger partial charge in [0, 0.05) is 28.6 Å². The Bertz CT molecular complexity index is 1130. The summed E-state index contributed by atoms with van der Waals surface area (Å²) in [5.41, 5.74) is 2.89. The highest BCUT2D eigenvalue weighted by molar-refractivity contribution is 9.10. The Hall–Kier alpha value is -3.33. The third kappa shape index (κ3) is 4.46. The first-order valence-electron chi connectivity index (χ1n) is 9.33. The van der Waals surface area contributed by atoms with E-state index in [2.05, 4.69) is 36.5 Å². The van der Waals surface area contributed by atoms with Crippen LogP contribution in [0.4, 0.5) is 5.69 Å². The van der Waals surface area contributed by atoms with Gasteiger partial charge in [0.2, 0.25) is 17.6 Å². The molecule has 0 bridgehead atoms. The topological polar surface area (TPSA) is 101 Å². The highest BCUT2D eigenvalue weighted by atomic mass is 79.9. The average molecular weight is 468 g/mol. The summed E-state index contributed by atoms with van der Waals surface area (Å²) in [4.78, 5) is 29.1. The monoisotopic (exact) mass is 467 g/mol. The molecule has 0 atom stereocenters. The summed E-state index contributed by atoms with van der Waals surface area (Å²) in [5.74, 6) is 0.120. The van der Waals surface area contributed by atoms with Crippen LogP contribution >= 0.6 is 15.9 Å². The average Bonchev–Trinajstić information content (AvgIpc) is 3.23. The largest absolute Gasteiger partial charge is 0.332 e. The van der Waals surface area contributed by atoms with Crippen LogP contribution in [-0.2, 0) is 9.59 Å². The summed E-state index contributed by atoms with van der Waals surface area (Å²) >= 11 is 3.39. The van der Waals surface area contributed by atoms with Crippen molar-refractivity contribution in [2.24, 2.45) is 5.10 Å². The first-order chi connectivity index (χ1) is 14.5. The molecule has 0 saturated heterocycles. The summed E-state index contributed by atoms with van der Waals surface area (Å²) in [6, 6.07) is 15.0. The van der Waals surface area contributed by atoms with Crippen molar-refractivity contribution in [3.8, 4) is 11.4 Å². The van der Waals surface area contributed by atoms with Crippen LogP contribution in [0.15, 0.2) is 62.6 Å². The second-order valence-corrected chi connectivity index (χ2v) is 7.71. The molecule has 0 unspecified atom stereocenters. The van der Waals surface area contributed by atoms with Crippen LogP contribution in [0.3, 0.4) is 0 Å². The predicted octanol–water partition coefficient (Wildman–Crippen LogP) is 3.77. The number of nitrogens with one attached hydrogen (secondary N) is 1. The van der Waals surface area contributed by atoms with Crippen LogP contribution in [-0.4, -0.2) is 39.2 Å². The quantitative estimate of drug-likeness (QED) is 0.615. The number of anilines is 1. The minimum atomic E-state index is -0.339. The van der Waals surface area contributed by atoms with E-state index in [0.717, 1.165) is 20.6 Å². The molecular formula is C21H18BrN5O3. The maximum Gasteiger partial charge on any atom is 0.274 e. The SMILES string of the molecule is Cc1cc(Br)ccc1NC(=O)CN1N=C(c2nc(-c3ccccc3)no2)CCC1=O. The van der Waals surface area contributed by atoms with E-state index in [4.69, 9.17) is 4.52 Å². The fraction of sp³-hybridized carbons (Fsp3) is 0.190. The second kappa shape index (κ2) is 8.58. The van der Waals surface area contributed by atoms with E-state index >= 15 is 0 Å². The van der Waals surface area contributed by atoms with Gasteiger partial charge in [-0.05, 0) is 30.7 Å². The van der Waals surface area contributed by atoms with Crippen molar-refractivity contribution in [1.29, 1.82) is 0 Å². The Morgan fingerprint density at radius 2 is 2.00 bits per heavy atom. The molecular weight excluding hydrogens is 450 g/mol. The van der Waals surface area contributed by atoms with Gasteiger partial charge in [-0.25, -0.2) is 5.01 Å². The molecule has 3 aromatic rings. The van der Waals surface area contributed by atoms with E-state index in [9.17, 15) is 9.59 Å². The molecule has 0 aliphatic carbocycles. The van der Waals surface area contributed by atoms with Crippen molar-refractivity contribution in [3.63, 3.8) is 0 Å². The fourth-order valence-corrected chi connectivity index (χ4v) is 3.49. The van der Waals surface area contributed by atoms with E-state index < -0.39 is 0 Å². The zero-order valence-electron chi connectivity index (χ0n) is 16.1. The Morgan fingerprint density at radius 1 is 1.20 bits per heavy atom. The Labute approximate surface area is 181 Å². The van der Waals surface area contributed by atoms with Crippen molar-refractivity contribution in [2.45, 2.75) is 19.8 Å². The number of amides is 2. The van der Waals surface area contributed by atoms with Crippen molar-refractivity contribution >= 4 is 39.1 Å². The number of nitrogens with zero attached hydrogens (tertiary/aromatic N) is 4. The molecule has 8 nitrogen and oxygen atoms in total. The van der Waals surface area contributed by atoms with Crippen LogP contribution in [0.1, 0.15) is 24.3 Å². The number of aryl methyl sites for hydroxylation is 1. The van der Waals surface area contributed by atoms with Crippen molar-refractivity contribution < 1.29 is 14.1 Å². The summed E-state index contributed by atoms with van der Waals surface area (Å²) in [6.45, 7) is 1.69. The number of hydrazone groups is 1. The molecule has 9 heteroatoms. The van der Waals surface area contributed by atoms with Crippen molar-refractivity contribution in [1.82, 2.24) is 15.1 Å². The second-order valence-electron chi connectivity index (χ2n) is 6.79. The van der Waals surface area contributed by atoms with Gasteiger partial charge in [0.15, 0.2) is 0 Å². The van der Waals surface area contributed by atoms with Gasteiger partial charge >= 0.3 is 0 Å². The number of rotatable bonds is 5. The molecule has 0 radical (unpaired) electrons. The molecule has 2 amide bonds. The molecule has 2 aromatic carbocycles. The zero-order chi connectivity index (χ0) is 21.1. The first kappa shape index (κ1) is 20.0. The number of aromatic nitrogens is 2. The van der Waals surface area contributed by atoms with E-state index in [-0.39, 0.29) is 30.7 Å².